The van der Waals surface area contributed by atoms with Crippen LogP contribution in [0.1, 0.15) is 48.0 Å². The van der Waals surface area contributed by atoms with Gasteiger partial charge in [-0.25, -0.2) is 0 Å². The van der Waals surface area contributed by atoms with Gasteiger partial charge in [-0.05, 0) is 39.0 Å². The molecule has 2 rings (SSSR count). The average Bonchev–Trinajstić information content (AvgIpc) is 2.79. The molecule has 1 unspecified atom stereocenters. The minimum absolute atomic E-state index is 0.519. The molecule has 0 aliphatic carbocycles. The second-order valence-electron chi connectivity index (χ2n) is 5.53. The van der Waals surface area contributed by atoms with Crippen molar-refractivity contribution >= 4 is 13.2 Å². The SMILES string of the molecule is C/C=C\C=C(/CC)[PH+](C)c1ccccc1.C=CC.C=CC.CC.c1ccccc1. The van der Waals surface area contributed by atoms with Crippen molar-refractivity contribution in [1.82, 2.24) is 0 Å². The van der Waals surface area contributed by atoms with Crippen LogP contribution in [0.3, 0.4) is 0 Å². The van der Waals surface area contributed by atoms with Crippen molar-refractivity contribution in [3.8, 4) is 0 Å². The van der Waals surface area contributed by atoms with E-state index in [9.17, 15) is 0 Å². The first-order chi connectivity index (χ1) is 14.1. The summed E-state index contributed by atoms with van der Waals surface area (Å²) in [4.78, 5) is 0. The molecule has 0 spiro atoms. The van der Waals surface area contributed by atoms with Gasteiger partial charge in [0.2, 0.25) is 0 Å². The number of allylic oxidation sites excluding steroid dienone is 6. The fourth-order valence-electron chi connectivity index (χ4n) is 1.98. The van der Waals surface area contributed by atoms with Gasteiger partial charge in [0.25, 0.3) is 0 Å². The maximum Gasteiger partial charge on any atom is 0.0960 e. The largest absolute Gasteiger partial charge is 0.103 e. The molecule has 0 saturated heterocycles. The molecule has 0 fully saturated rings. The summed E-state index contributed by atoms with van der Waals surface area (Å²) in [7, 11) is -0.519. The van der Waals surface area contributed by atoms with Gasteiger partial charge in [-0.3, -0.25) is 0 Å². The first kappa shape index (κ1) is 31.5. The molecular weight excluding hydrogens is 367 g/mol. The van der Waals surface area contributed by atoms with Gasteiger partial charge < -0.3 is 0 Å². The molecule has 0 aliphatic heterocycles. The molecule has 2 aromatic carbocycles. The van der Waals surface area contributed by atoms with E-state index in [2.05, 4.69) is 82.2 Å². The highest BCUT2D eigenvalue weighted by Gasteiger charge is 2.16. The lowest BCUT2D eigenvalue weighted by molar-refractivity contribution is 1.19. The second kappa shape index (κ2) is 28.0. The molecule has 29 heavy (non-hydrogen) atoms. The minimum atomic E-state index is -0.519. The molecule has 0 aromatic heterocycles. The molecule has 1 heteroatoms. The Morgan fingerprint density at radius 2 is 1.14 bits per heavy atom. The maximum atomic E-state index is 3.36. The summed E-state index contributed by atoms with van der Waals surface area (Å²) in [6, 6.07) is 22.8. The highest BCUT2D eigenvalue weighted by Crippen LogP contribution is 2.41. The smallest absolute Gasteiger partial charge is 0.0960 e. The second-order valence-corrected chi connectivity index (χ2v) is 8.00. The summed E-state index contributed by atoms with van der Waals surface area (Å²) >= 11 is 0. The van der Waals surface area contributed by atoms with Gasteiger partial charge in [0.15, 0.2) is 0 Å². The van der Waals surface area contributed by atoms with Crippen LogP contribution in [-0.2, 0) is 0 Å². The van der Waals surface area contributed by atoms with E-state index >= 15 is 0 Å². The highest BCUT2D eigenvalue weighted by molar-refractivity contribution is 7.69. The van der Waals surface area contributed by atoms with E-state index in [1.165, 1.54) is 5.30 Å². The first-order valence-corrected chi connectivity index (χ1v) is 12.5. The summed E-state index contributed by atoms with van der Waals surface area (Å²) in [6.07, 6.45) is 11.2. The van der Waals surface area contributed by atoms with Crippen molar-refractivity contribution in [2.45, 2.75) is 48.0 Å². The monoisotopic (exact) mass is 411 g/mol. The van der Waals surface area contributed by atoms with Crippen molar-refractivity contribution in [2.75, 3.05) is 6.66 Å². The van der Waals surface area contributed by atoms with Gasteiger partial charge in [-0.15, -0.1) is 13.2 Å². The molecule has 160 valence electrons. The van der Waals surface area contributed by atoms with Crippen molar-refractivity contribution < 1.29 is 0 Å². The molecule has 0 bridgehead atoms. The summed E-state index contributed by atoms with van der Waals surface area (Å²) in [5, 5.41) is 3.09. The number of rotatable bonds is 4. The van der Waals surface area contributed by atoms with E-state index in [0.717, 1.165) is 6.42 Å². The number of hydrogen-bond acceptors (Lipinski definition) is 0. The van der Waals surface area contributed by atoms with Gasteiger partial charge in [-0.1, -0.05) is 99.7 Å². The molecule has 2 aromatic rings. The van der Waals surface area contributed by atoms with Crippen LogP contribution in [0.2, 0.25) is 0 Å². The predicted molar refractivity (Wildman–Crippen MR) is 143 cm³/mol. The Morgan fingerprint density at radius 1 is 0.793 bits per heavy atom. The van der Waals surface area contributed by atoms with E-state index in [1.807, 2.05) is 64.1 Å². The van der Waals surface area contributed by atoms with Crippen LogP contribution in [0.4, 0.5) is 0 Å². The summed E-state index contributed by atoms with van der Waals surface area (Å²) in [6.45, 7) is 21.2. The standard InChI is InChI=1S/C14H19P.C6H6.2C3H6.C2H6/c1-4-6-10-13(5-2)15(3)14-11-8-7-9-12-14;1-2-4-6-5-3-1;2*1-3-2;1-2/h4,6-12H,5H2,1-3H3;1-6H;2*3H,1H2,2H3;1-2H3/p+1/b6-4-,13-10+;;;;. The van der Waals surface area contributed by atoms with Crippen LogP contribution in [0.25, 0.3) is 0 Å². The van der Waals surface area contributed by atoms with Crippen molar-refractivity contribution in [1.29, 1.82) is 0 Å². The third-order valence-electron chi connectivity index (χ3n) is 3.23. The van der Waals surface area contributed by atoms with E-state index in [1.54, 1.807) is 17.5 Å². The molecule has 0 amide bonds. The third-order valence-corrected chi connectivity index (χ3v) is 5.91. The molecule has 0 radical (unpaired) electrons. The fourth-order valence-corrected chi connectivity index (χ4v) is 3.92. The number of hydrogen-bond donors (Lipinski definition) is 0. The lowest BCUT2D eigenvalue weighted by atomic mass is 10.4. The Balaban J connectivity index is -0.000000396. The number of benzene rings is 2. The van der Waals surface area contributed by atoms with Crippen LogP contribution in [0.15, 0.2) is 116 Å². The highest BCUT2D eigenvalue weighted by atomic mass is 31.1. The van der Waals surface area contributed by atoms with E-state index in [-0.39, 0.29) is 0 Å². The Hall–Kier alpha value is -2.17. The van der Waals surface area contributed by atoms with Crippen LogP contribution >= 0.6 is 7.92 Å². The van der Waals surface area contributed by atoms with Crippen LogP contribution in [-0.4, -0.2) is 6.66 Å². The van der Waals surface area contributed by atoms with Crippen molar-refractivity contribution in [3.05, 3.63) is 116 Å². The van der Waals surface area contributed by atoms with Crippen LogP contribution in [0, 0.1) is 0 Å². The van der Waals surface area contributed by atoms with Gasteiger partial charge >= 0.3 is 0 Å². The van der Waals surface area contributed by atoms with Crippen molar-refractivity contribution in [2.24, 2.45) is 0 Å². The summed E-state index contributed by atoms with van der Waals surface area (Å²) in [5.41, 5.74) is 0. The molecule has 0 saturated carbocycles. The molecular formula is C28H44P+. The summed E-state index contributed by atoms with van der Waals surface area (Å²) in [5.74, 6) is 0. The normalized spacial score (nSPS) is 10.2. The van der Waals surface area contributed by atoms with Gasteiger partial charge in [0.1, 0.15) is 0 Å². The lowest BCUT2D eigenvalue weighted by Gasteiger charge is -2.06. The molecule has 0 heterocycles. The van der Waals surface area contributed by atoms with E-state index in [4.69, 9.17) is 0 Å². The van der Waals surface area contributed by atoms with E-state index < -0.39 is 7.92 Å². The zero-order chi connectivity index (χ0) is 22.8. The molecule has 0 N–H and O–H groups in total. The van der Waals surface area contributed by atoms with Crippen LogP contribution in [0.5, 0.6) is 0 Å². The van der Waals surface area contributed by atoms with Crippen molar-refractivity contribution in [3.63, 3.8) is 0 Å². The lowest BCUT2D eigenvalue weighted by Crippen LogP contribution is -1.99. The first-order valence-electron chi connectivity index (χ1n) is 10.5. The van der Waals surface area contributed by atoms with Gasteiger partial charge in [0.05, 0.1) is 25.2 Å². The molecule has 0 aliphatic rings. The third kappa shape index (κ3) is 22.0. The quantitative estimate of drug-likeness (QED) is 0.267. The molecule has 1 atom stereocenters. The fraction of sp³-hybridized carbons (Fsp3) is 0.286. The predicted octanol–water partition coefficient (Wildman–Crippen LogP) is 9.12. The Morgan fingerprint density at radius 3 is 1.45 bits per heavy atom. The Kier molecular flexibility index (Phi) is 30.5. The van der Waals surface area contributed by atoms with Crippen LogP contribution < -0.4 is 5.30 Å². The topological polar surface area (TPSA) is 0 Å². The average molecular weight is 412 g/mol. The maximum absolute atomic E-state index is 3.36. The van der Waals surface area contributed by atoms with Gasteiger partial charge in [-0.2, -0.15) is 0 Å². The Bertz CT molecular complexity index is 577. The zero-order valence-electron chi connectivity index (χ0n) is 19.9. The minimum Gasteiger partial charge on any atom is -0.103 e. The van der Waals surface area contributed by atoms with Gasteiger partial charge in [0, 0.05) is 6.42 Å². The summed E-state index contributed by atoms with van der Waals surface area (Å²) < 4.78 is 0. The molecule has 0 nitrogen and oxygen atoms in total. The Labute approximate surface area is 183 Å². The zero-order valence-corrected chi connectivity index (χ0v) is 20.9. The van der Waals surface area contributed by atoms with E-state index in [0.29, 0.717) is 0 Å².